The summed E-state index contributed by atoms with van der Waals surface area (Å²) >= 11 is 0. The van der Waals surface area contributed by atoms with Crippen LogP contribution in [0.3, 0.4) is 0 Å². The fraction of sp³-hybridized carbons (Fsp3) is 0.619. The lowest BCUT2D eigenvalue weighted by Crippen LogP contribution is -2.38. The average Bonchev–Trinajstić information content (AvgIpc) is 2.66. The SMILES string of the molecule is CN=C(NCCC(=O)OC(C)C)NCc1ccc(CN2CCCCC2)cc1. The van der Waals surface area contributed by atoms with E-state index in [1.54, 1.807) is 7.05 Å². The summed E-state index contributed by atoms with van der Waals surface area (Å²) in [6, 6.07) is 8.76. The molecule has 1 saturated heterocycles. The van der Waals surface area contributed by atoms with Crippen molar-refractivity contribution < 1.29 is 9.53 Å². The smallest absolute Gasteiger partial charge is 0.307 e. The Labute approximate surface area is 163 Å². The number of hydrogen-bond donors (Lipinski definition) is 2. The molecule has 0 spiro atoms. The monoisotopic (exact) mass is 374 g/mol. The molecule has 0 aliphatic carbocycles. The number of hydrogen-bond acceptors (Lipinski definition) is 4. The zero-order valence-electron chi connectivity index (χ0n) is 17.0. The van der Waals surface area contributed by atoms with Gasteiger partial charge >= 0.3 is 5.97 Å². The number of nitrogens with zero attached hydrogens (tertiary/aromatic N) is 2. The number of aliphatic imine (C=N–C) groups is 1. The van der Waals surface area contributed by atoms with Gasteiger partial charge in [-0.05, 0) is 50.9 Å². The van der Waals surface area contributed by atoms with Gasteiger partial charge in [0.2, 0.25) is 0 Å². The zero-order valence-corrected chi connectivity index (χ0v) is 17.0. The number of likely N-dealkylation sites (tertiary alicyclic amines) is 1. The first-order chi connectivity index (χ1) is 13.1. The second-order valence-electron chi connectivity index (χ2n) is 7.29. The molecule has 150 valence electrons. The molecule has 0 amide bonds. The van der Waals surface area contributed by atoms with Crippen LogP contribution in [0.15, 0.2) is 29.3 Å². The first kappa shape index (κ1) is 21.2. The molecule has 27 heavy (non-hydrogen) atoms. The maximum absolute atomic E-state index is 11.6. The fourth-order valence-corrected chi connectivity index (χ4v) is 3.15. The Kier molecular flexibility index (Phi) is 9.11. The Balaban J connectivity index is 1.70. The normalized spacial score (nSPS) is 15.6. The van der Waals surface area contributed by atoms with Crippen LogP contribution in [0.4, 0.5) is 0 Å². The van der Waals surface area contributed by atoms with Crippen LogP contribution >= 0.6 is 0 Å². The van der Waals surface area contributed by atoms with Crippen LogP contribution < -0.4 is 10.6 Å². The molecule has 1 heterocycles. The van der Waals surface area contributed by atoms with E-state index in [-0.39, 0.29) is 12.1 Å². The zero-order chi connectivity index (χ0) is 19.5. The highest BCUT2D eigenvalue weighted by Gasteiger charge is 2.10. The third-order valence-electron chi connectivity index (χ3n) is 4.55. The van der Waals surface area contributed by atoms with E-state index < -0.39 is 0 Å². The third kappa shape index (κ3) is 8.43. The van der Waals surface area contributed by atoms with Gasteiger partial charge in [0.25, 0.3) is 0 Å². The number of guanidine groups is 1. The molecule has 1 aromatic rings. The van der Waals surface area contributed by atoms with Crippen LogP contribution in [0.1, 0.15) is 50.7 Å². The van der Waals surface area contributed by atoms with Crippen molar-refractivity contribution in [3.05, 3.63) is 35.4 Å². The van der Waals surface area contributed by atoms with Gasteiger partial charge < -0.3 is 15.4 Å². The van der Waals surface area contributed by atoms with Crippen molar-refractivity contribution in [3.8, 4) is 0 Å². The minimum atomic E-state index is -0.197. The number of piperidine rings is 1. The molecule has 2 rings (SSSR count). The molecule has 0 atom stereocenters. The van der Waals surface area contributed by atoms with Gasteiger partial charge in [0.1, 0.15) is 0 Å². The number of rotatable bonds is 8. The third-order valence-corrected chi connectivity index (χ3v) is 4.55. The van der Waals surface area contributed by atoms with Crippen molar-refractivity contribution in [1.29, 1.82) is 0 Å². The molecule has 1 aromatic carbocycles. The molecule has 0 aromatic heterocycles. The molecular weight excluding hydrogens is 340 g/mol. The molecule has 6 heteroatoms. The number of benzene rings is 1. The van der Waals surface area contributed by atoms with Crippen LogP contribution in [0.2, 0.25) is 0 Å². The molecule has 0 unspecified atom stereocenters. The predicted molar refractivity (Wildman–Crippen MR) is 110 cm³/mol. The van der Waals surface area contributed by atoms with Crippen molar-refractivity contribution >= 4 is 11.9 Å². The topological polar surface area (TPSA) is 66.0 Å². The minimum Gasteiger partial charge on any atom is -0.463 e. The lowest BCUT2D eigenvalue weighted by Gasteiger charge is -2.26. The Morgan fingerprint density at radius 3 is 2.41 bits per heavy atom. The maximum atomic E-state index is 11.6. The standard InChI is InChI=1S/C21H34N4O2/c1-17(2)27-20(26)11-12-23-21(22-3)24-15-18-7-9-19(10-8-18)16-25-13-5-4-6-14-25/h7-10,17H,4-6,11-16H2,1-3H3,(H2,22,23,24). The summed E-state index contributed by atoms with van der Waals surface area (Å²) in [5.41, 5.74) is 2.58. The van der Waals surface area contributed by atoms with Crippen LogP contribution in [-0.4, -0.2) is 49.6 Å². The summed E-state index contributed by atoms with van der Waals surface area (Å²) in [5, 5.41) is 6.42. The number of esters is 1. The number of nitrogens with one attached hydrogen (secondary N) is 2. The van der Waals surface area contributed by atoms with Crippen molar-refractivity contribution in [1.82, 2.24) is 15.5 Å². The summed E-state index contributed by atoms with van der Waals surface area (Å²) in [6.45, 7) is 8.38. The van der Waals surface area contributed by atoms with Crippen LogP contribution in [0.25, 0.3) is 0 Å². The summed E-state index contributed by atoms with van der Waals surface area (Å²) in [6.07, 6.45) is 4.26. The van der Waals surface area contributed by atoms with Crippen molar-refractivity contribution in [2.75, 3.05) is 26.7 Å². The Morgan fingerprint density at radius 1 is 1.11 bits per heavy atom. The van der Waals surface area contributed by atoms with E-state index in [0.29, 0.717) is 25.5 Å². The van der Waals surface area contributed by atoms with Crippen molar-refractivity contribution in [2.24, 2.45) is 4.99 Å². The molecular formula is C21H34N4O2. The number of carbonyl (C=O) groups excluding carboxylic acids is 1. The molecule has 0 saturated carbocycles. The average molecular weight is 375 g/mol. The lowest BCUT2D eigenvalue weighted by atomic mass is 10.1. The van der Waals surface area contributed by atoms with Gasteiger partial charge in [-0.15, -0.1) is 0 Å². The van der Waals surface area contributed by atoms with E-state index in [4.69, 9.17) is 4.74 Å². The van der Waals surface area contributed by atoms with Gasteiger partial charge in [0, 0.05) is 26.7 Å². The van der Waals surface area contributed by atoms with Gasteiger partial charge in [-0.3, -0.25) is 14.7 Å². The maximum Gasteiger partial charge on any atom is 0.307 e. The molecule has 2 N–H and O–H groups in total. The van der Waals surface area contributed by atoms with Crippen LogP contribution in [0, 0.1) is 0 Å². The second-order valence-corrected chi connectivity index (χ2v) is 7.29. The molecule has 1 aliphatic rings. The highest BCUT2D eigenvalue weighted by Crippen LogP contribution is 2.13. The Hall–Kier alpha value is -2.08. The summed E-state index contributed by atoms with van der Waals surface area (Å²) < 4.78 is 5.12. The van der Waals surface area contributed by atoms with E-state index in [1.807, 2.05) is 13.8 Å². The van der Waals surface area contributed by atoms with E-state index >= 15 is 0 Å². The largest absolute Gasteiger partial charge is 0.463 e. The molecule has 0 radical (unpaired) electrons. The fourth-order valence-electron chi connectivity index (χ4n) is 3.15. The number of ether oxygens (including phenoxy) is 1. The van der Waals surface area contributed by atoms with Gasteiger partial charge in [0.15, 0.2) is 5.96 Å². The molecule has 0 bridgehead atoms. The van der Waals surface area contributed by atoms with E-state index in [2.05, 4.69) is 44.8 Å². The first-order valence-electron chi connectivity index (χ1n) is 10.0. The summed E-state index contributed by atoms with van der Waals surface area (Å²) in [5.74, 6) is 0.488. The highest BCUT2D eigenvalue weighted by molar-refractivity contribution is 5.80. The van der Waals surface area contributed by atoms with Crippen molar-refractivity contribution in [2.45, 2.75) is 58.7 Å². The molecule has 1 aliphatic heterocycles. The molecule has 1 fully saturated rings. The van der Waals surface area contributed by atoms with Crippen molar-refractivity contribution in [3.63, 3.8) is 0 Å². The van der Waals surface area contributed by atoms with E-state index in [1.165, 1.54) is 43.5 Å². The Bertz CT molecular complexity index is 593. The van der Waals surface area contributed by atoms with Gasteiger partial charge in [0.05, 0.1) is 12.5 Å². The lowest BCUT2D eigenvalue weighted by molar-refractivity contribution is -0.147. The Morgan fingerprint density at radius 2 is 1.78 bits per heavy atom. The predicted octanol–water partition coefficient (Wildman–Crippen LogP) is 2.68. The first-order valence-corrected chi connectivity index (χ1v) is 10.0. The summed E-state index contributed by atoms with van der Waals surface area (Å²) in [4.78, 5) is 18.3. The summed E-state index contributed by atoms with van der Waals surface area (Å²) in [7, 11) is 1.73. The second kappa shape index (κ2) is 11.6. The van der Waals surface area contributed by atoms with E-state index in [0.717, 1.165) is 6.54 Å². The van der Waals surface area contributed by atoms with E-state index in [9.17, 15) is 4.79 Å². The number of carbonyl (C=O) groups is 1. The van der Waals surface area contributed by atoms with Crippen LogP contribution in [-0.2, 0) is 22.6 Å². The minimum absolute atomic E-state index is 0.0761. The van der Waals surface area contributed by atoms with Crippen LogP contribution in [0.5, 0.6) is 0 Å². The van der Waals surface area contributed by atoms with Gasteiger partial charge in [-0.1, -0.05) is 30.7 Å². The van der Waals surface area contributed by atoms with Gasteiger partial charge in [-0.2, -0.15) is 0 Å². The van der Waals surface area contributed by atoms with Gasteiger partial charge in [-0.25, -0.2) is 0 Å². The highest BCUT2D eigenvalue weighted by atomic mass is 16.5. The quantitative estimate of drug-likeness (QED) is 0.416. The molecule has 6 nitrogen and oxygen atoms in total.